The quantitative estimate of drug-likeness (QED) is 0.543. The molecule has 2 nitrogen and oxygen atoms in total. The van der Waals surface area contributed by atoms with Gasteiger partial charge in [0.1, 0.15) is 0 Å². The van der Waals surface area contributed by atoms with Crippen LogP contribution in [0.25, 0.3) is 0 Å². The Balaban J connectivity index is 3.00. The molecule has 1 rings (SSSR count). The van der Waals surface area contributed by atoms with Crippen LogP contribution in [0, 0.1) is 5.92 Å². The first-order valence-electron chi connectivity index (χ1n) is 6.09. The number of hydrogen-bond acceptors (Lipinski definition) is 1. The number of carbonyl (C=O) groups is 1. The van der Waals surface area contributed by atoms with Crippen molar-refractivity contribution in [2.75, 3.05) is 11.9 Å². The molecule has 0 spiro atoms. The van der Waals surface area contributed by atoms with Gasteiger partial charge in [-0.1, -0.05) is 28.8 Å². The molecule has 1 amide bonds. The fourth-order valence-electron chi connectivity index (χ4n) is 2.41. The predicted molar refractivity (Wildman–Crippen MR) is 63.4 cm³/mol. The van der Waals surface area contributed by atoms with E-state index in [2.05, 4.69) is 15.9 Å². The summed E-state index contributed by atoms with van der Waals surface area (Å²) < 4.78 is 75.4. The number of carbonyl (C=O) groups excluding carboxylic acids is 1. The van der Waals surface area contributed by atoms with Crippen LogP contribution in [0.5, 0.6) is 0 Å². The van der Waals surface area contributed by atoms with Gasteiger partial charge in [-0.2, -0.15) is 26.3 Å². The van der Waals surface area contributed by atoms with Crippen LogP contribution in [-0.4, -0.2) is 41.1 Å². The van der Waals surface area contributed by atoms with E-state index in [1.165, 1.54) is 0 Å². The molecule has 9 heteroatoms. The largest absolute Gasteiger partial charge is 0.409 e. The summed E-state index contributed by atoms with van der Waals surface area (Å²) in [6, 6.07) is -0.535. The molecule has 1 aliphatic rings. The number of hydrogen-bond donors (Lipinski definition) is 0. The van der Waals surface area contributed by atoms with Crippen LogP contribution in [0.15, 0.2) is 0 Å². The summed E-state index contributed by atoms with van der Waals surface area (Å²) in [4.78, 5) is 12.5. The zero-order valence-corrected chi connectivity index (χ0v) is 12.0. The van der Waals surface area contributed by atoms with E-state index >= 15 is 0 Å². The highest BCUT2D eigenvalue weighted by Crippen LogP contribution is 2.41. The van der Waals surface area contributed by atoms with Crippen molar-refractivity contribution in [3.8, 4) is 0 Å². The lowest BCUT2D eigenvalue weighted by Crippen LogP contribution is -2.52. The average Bonchev–Trinajstić information content (AvgIpc) is 2.74. The molecule has 20 heavy (non-hydrogen) atoms. The third-order valence-corrected chi connectivity index (χ3v) is 3.63. The maximum Gasteiger partial charge on any atom is 0.409 e. The van der Waals surface area contributed by atoms with E-state index in [4.69, 9.17) is 0 Å². The van der Waals surface area contributed by atoms with Crippen LogP contribution in [0.1, 0.15) is 25.7 Å². The van der Waals surface area contributed by atoms with Gasteiger partial charge in [0.05, 0.1) is 0 Å². The van der Waals surface area contributed by atoms with E-state index in [0.717, 1.165) is 4.90 Å². The van der Waals surface area contributed by atoms with Gasteiger partial charge in [-0.15, -0.1) is 0 Å². The lowest BCUT2D eigenvalue weighted by molar-refractivity contribution is -0.278. The third-order valence-electron chi connectivity index (χ3n) is 3.28. The highest BCUT2D eigenvalue weighted by Gasteiger charge is 2.62. The number of amides is 1. The van der Waals surface area contributed by atoms with Gasteiger partial charge in [-0.05, 0) is 12.8 Å². The van der Waals surface area contributed by atoms with Crippen molar-refractivity contribution < 1.29 is 31.1 Å². The standard InChI is InChI=1S/C11H14BrF6NO/c12-5-6-19(7-3-1-2-4-7)9(20)8(10(13,14)15)11(16,17)18/h7-8H,1-6H2. The predicted octanol–water partition coefficient (Wildman–Crippen LogP) is 3.89. The fourth-order valence-corrected chi connectivity index (χ4v) is 2.79. The number of alkyl halides is 7. The van der Waals surface area contributed by atoms with E-state index < -0.39 is 30.2 Å². The van der Waals surface area contributed by atoms with E-state index in [0.29, 0.717) is 25.7 Å². The van der Waals surface area contributed by atoms with Crippen molar-refractivity contribution in [2.24, 2.45) is 5.92 Å². The topological polar surface area (TPSA) is 20.3 Å². The Morgan fingerprint density at radius 2 is 1.55 bits per heavy atom. The number of rotatable bonds is 4. The van der Waals surface area contributed by atoms with E-state index in [9.17, 15) is 31.1 Å². The van der Waals surface area contributed by atoms with Crippen LogP contribution < -0.4 is 0 Å². The third kappa shape index (κ3) is 4.26. The van der Waals surface area contributed by atoms with Crippen molar-refractivity contribution in [3.05, 3.63) is 0 Å². The Morgan fingerprint density at radius 1 is 1.10 bits per heavy atom. The first kappa shape index (κ1) is 17.6. The van der Waals surface area contributed by atoms with Gasteiger partial charge in [0, 0.05) is 17.9 Å². The van der Waals surface area contributed by atoms with Crippen LogP contribution in [0.2, 0.25) is 0 Å². The summed E-state index contributed by atoms with van der Waals surface area (Å²) in [7, 11) is 0. The second-order valence-electron chi connectivity index (χ2n) is 4.68. The summed E-state index contributed by atoms with van der Waals surface area (Å²) in [5.41, 5.74) is 0. The maximum atomic E-state index is 12.6. The molecule has 0 aliphatic heterocycles. The van der Waals surface area contributed by atoms with Crippen LogP contribution in [0.4, 0.5) is 26.3 Å². The lowest BCUT2D eigenvalue weighted by Gasteiger charge is -2.33. The lowest BCUT2D eigenvalue weighted by atomic mass is 10.0. The van der Waals surface area contributed by atoms with Gasteiger partial charge in [-0.3, -0.25) is 4.79 Å². The van der Waals surface area contributed by atoms with Crippen LogP contribution in [0.3, 0.4) is 0 Å². The zero-order valence-electron chi connectivity index (χ0n) is 10.4. The summed E-state index contributed by atoms with van der Waals surface area (Å²) in [6.07, 6.45) is -8.95. The van der Waals surface area contributed by atoms with Crippen LogP contribution in [-0.2, 0) is 4.79 Å². The molecule has 0 radical (unpaired) electrons. The molecular formula is C11H14BrF6NO. The number of halogens is 7. The van der Waals surface area contributed by atoms with E-state index in [-0.39, 0.29) is 11.9 Å². The Bertz CT molecular complexity index is 323. The van der Waals surface area contributed by atoms with Gasteiger partial charge in [0.2, 0.25) is 11.8 Å². The van der Waals surface area contributed by atoms with Gasteiger partial charge < -0.3 is 4.90 Å². The minimum absolute atomic E-state index is 0.137. The summed E-state index contributed by atoms with van der Waals surface area (Å²) >= 11 is 2.96. The van der Waals surface area contributed by atoms with E-state index in [1.807, 2.05) is 0 Å². The molecule has 0 N–H and O–H groups in total. The number of nitrogens with zero attached hydrogens (tertiary/aromatic N) is 1. The van der Waals surface area contributed by atoms with Gasteiger partial charge in [0.25, 0.3) is 0 Å². The molecule has 118 valence electrons. The molecular weight excluding hydrogens is 356 g/mol. The molecule has 0 aromatic heterocycles. The summed E-state index contributed by atoms with van der Waals surface area (Å²) in [5.74, 6) is -5.83. The van der Waals surface area contributed by atoms with Crippen molar-refractivity contribution >= 4 is 21.8 Å². The normalized spacial score (nSPS) is 17.8. The SMILES string of the molecule is O=C(C(C(F)(F)F)C(F)(F)F)N(CCBr)C1CCCC1. The first-order chi connectivity index (χ1) is 9.09. The van der Waals surface area contributed by atoms with E-state index in [1.54, 1.807) is 0 Å². The Kier molecular flexibility index (Phi) is 5.74. The van der Waals surface area contributed by atoms with Crippen molar-refractivity contribution in [1.29, 1.82) is 0 Å². The molecule has 0 aromatic carbocycles. The highest BCUT2D eigenvalue weighted by atomic mass is 79.9. The van der Waals surface area contributed by atoms with Crippen molar-refractivity contribution in [3.63, 3.8) is 0 Å². The second-order valence-corrected chi connectivity index (χ2v) is 5.47. The molecule has 0 aromatic rings. The molecule has 0 unspecified atom stereocenters. The molecule has 0 atom stereocenters. The Hall–Kier alpha value is -0.470. The highest BCUT2D eigenvalue weighted by molar-refractivity contribution is 9.09. The van der Waals surface area contributed by atoms with Crippen LogP contribution >= 0.6 is 15.9 Å². The molecule has 0 heterocycles. The smallest absolute Gasteiger partial charge is 0.338 e. The zero-order chi connectivity index (χ0) is 15.6. The van der Waals surface area contributed by atoms with Crippen molar-refractivity contribution in [1.82, 2.24) is 4.90 Å². The van der Waals surface area contributed by atoms with Gasteiger partial charge in [0.15, 0.2) is 0 Å². The molecule has 1 saturated carbocycles. The van der Waals surface area contributed by atoms with Crippen molar-refractivity contribution in [2.45, 2.75) is 44.1 Å². The molecule has 1 fully saturated rings. The Labute approximate surface area is 120 Å². The molecule has 1 aliphatic carbocycles. The Morgan fingerprint density at radius 3 is 1.90 bits per heavy atom. The van der Waals surface area contributed by atoms with Gasteiger partial charge >= 0.3 is 12.4 Å². The summed E-state index contributed by atoms with van der Waals surface area (Å²) in [5, 5.41) is 0.137. The summed E-state index contributed by atoms with van der Waals surface area (Å²) in [6.45, 7) is -0.161. The molecule has 0 saturated heterocycles. The second kappa shape index (κ2) is 6.53. The minimum Gasteiger partial charge on any atom is -0.338 e. The minimum atomic E-state index is -5.63. The maximum absolute atomic E-state index is 12.6. The monoisotopic (exact) mass is 369 g/mol. The average molecular weight is 370 g/mol. The molecule has 0 bridgehead atoms. The first-order valence-corrected chi connectivity index (χ1v) is 7.21. The van der Waals surface area contributed by atoms with Gasteiger partial charge in [-0.25, -0.2) is 0 Å². The fraction of sp³-hybridized carbons (Fsp3) is 0.909.